The Bertz CT molecular complexity index is 344. The van der Waals surface area contributed by atoms with E-state index in [1.165, 1.54) is 0 Å². The van der Waals surface area contributed by atoms with Crippen molar-refractivity contribution >= 4 is 17.9 Å². The molecule has 17 heavy (non-hydrogen) atoms. The van der Waals surface area contributed by atoms with E-state index in [2.05, 4.69) is 0 Å². The third-order valence-corrected chi connectivity index (χ3v) is 3.24. The van der Waals surface area contributed by atoms with Gasteiger partial charge in [0.1, 0.15) is 0 Å². The van der Waals surface area contributed by atoms with Gasteiger partial charge in [0.05, 0.1) is 12.0 Å². The molecule has 1 aliphatic rings. The van der Waals surface area contributed by atoms with E-state index in [-0.39, 0.29) is 6.04 Å². The van der Waals surface area contributed by atoms with Crippen LogP contribution in [0.1, 0.15) is 20.3 Å². The maximum atomic E-state index is 11.6. The molecule has 0 aliphatic carbocycles. The lowest BCUT2D eigenvalue weighted by molar-refractivity contribution is -0.143. The minimum atomic E-state index is -0.900. The highest BCUT2D eigenvalue weighted by Gasteiger charge is 2.39. The molecule has 3 atom stereocenters. The standard InChI is InChI=1S/C10H17N3O4/c1-5-7(9(15)16)3-4-13(5)6(2)8(14)12-10(11)17/h5-7H,3-4H2,1-2H3,(H,15,16)(H3,11,12,14,17). The lowest BCUT2D eigenvalue weighted by Crippen LogP contribution is -2.50. The summed E-state index contributed by atoms with van der Waals surface area (Å²) in [7, 11) is 0. The van der Waals surface area contributed by atoms with Gasteiger partial charge >= 0.3 is 12.0 Å². The first-order valence-electron chi connectivity index (χ1n) is 5.43. The van der Waals surface area contributed by atoms with E-state index in [0.29, 0.717) is 13.0 Å². The molecule has 0 saturated carbocycles. The van der Waals surface area contributed by atoms with E-state index >= 15 is 0 Å². The molecule has 1 heterocycles. The van der Waals surface area contributed by atoms with Crippen LogP contribution in [0.4, 0.5) is 4.79 Å². The Morgan fingerprint density at radius 3 is 2.47 bits per heavy atom. The van der Waals surface area contributed by atoms with Gasteiger partial charge in [-0.25, -0.2) is 4.79 Å². The van der Waals surface area contributed by atoms with E-state index in [1.54, 1.807) is 18.7 Å². The van der Waals surface area contributed by atoms with Crippen molar-refractivity contribution in [1.29, 1.82) is 0 Å². The van der Waals surface area contributed by atoms with Gasteiger partial charge in [0.25, 0.3) is 0 Å². The summed E-state index contributed by atoms with van der Waals surface area (Å²) in [6, 6.07) is -1.70. The number of carboxylic acid groups (broad SMARTS) is 1. The second-order valence-electron chi connectivity index (χ2n) is 4.24. The third kappa shape index (κ3) is 2.94. The number of rotatable bonds is 3. The second-order valence-corrected chi connectivity index (χ2v) is 4.24. The largest absolute Gasteiger partial charge is 0.481 e. The highest BCUT2D eigenvalue weighted by atomic mass is 16.4. The average Bonchev–Trinajstić information content (AvgIpc) is 2.57. The van der Waals surface area contributed by atoms with Crippen LogP contribution in [0, 0.1) is 5.92 Å². The Labute approximate surface area is 98.9 Å². The normalized spacial score (nSPS) is 26.5. The van der Waals surface area contributed by atoms with Crippen LogP contribution in [0.25, 0.3) is 0 Å². The minimum Gasteiger partial charge on any atom is -0.481 e. The zero-order valence-electron chi connectivity index (χ0n) is 9.84. The maximum absolute atomic E-state index is 11.6. The van der Waals surface area contributed by atoms with Gasteiger partial charge in [0.2, 0.25) is 5.91 Å². The molecular weight excluding hydrogens is 226 g/mol. The fraction of sp³-hybridized carbons (Fsp3) is 0.700. The number of aliphatic carboxylic acids is 1. The van der Waals surface area contributed by atoms with Gasteiger partial charge in [-0.15, -0.1) is 0 Å². The number of imide groups is 1. The SMILES string of the molecule is CC(C(=O)NC(N)=O)N1CCC(C(=O)O)C1C. The number of nitrogens with one attached hydrogen (secondary N) is 1. The zero-order chi connectivity index (χ0) is 13.2. The van der Waals surface area contributed by atoms with Gasteiger partial charge in [0, 0.05) is 12.6 Å². The highest BCUT2D eigenvalue weighted by molar-refractivity contribution is 5.96. The smallest absolute Gasteiger partial charge is 0.318 e. The maximum Gasteiger partial charge on any atom is 0.318 e. The number of amides is 3. The lowest BCUT2D eigenvalue weighted by Gasteiger charge is -2.28. The predicted octanol–water partition coefficient (Wildman–Crippen LogP) is -0.635. The molecule has 0 spiro atoms. The number of hydrogen-bond donors (Lipinski definition) is 3. The fourth-order valence-electron chi connectivity index (χ4n) is 2.22. The molecule has 3 unspecified atom stereocenters. The highest BCUT2D eigenvalue weighted by Crippen LogP contribution is 2.26. The van der Waals surface area contributed by atoms with Crippen molar-refractivity contribution in [3.05, 3.63) is 0 Å². The van der Waals surface area contributed by atoms with Crippen LogP contribution in [0.2, 0.25) is 0 Å². The number of nitrogens with zero attached hydrogens (tertiary/aromatic N) is 1. The zero-order valence-corrected chi connectivity index (χ0v) is 9.84. The van der Waals surface area contributed by atoms with Crippen molar-refractivity contribution in [1.82, 2.24) is 10.2 Å². The minimum absolute atomic E-state index is 0.235. The molecule has 96 valence electrons. The van der Waals surface area contributed by atoms with E-state index in [9.17, 15) is 14.4 Å². The summed E-state index contributed by atoms with van der Waals surface area (Å²) in [6.45, 7) is 3.91. The van der Waals surface area contributed by atoms with Crippen molar-refractivity contribution in [2.24, 2.45) is 11.7 Å². The first-order valence-corrected chi connectivity index (χ1v) is 5.43. The van der Waals surface area contributed by atoms with E-state index < -0.39 is 29.9 Å². The van der Waals surface area contributed by atoms with E-state index in [4.69, 9.17) is 10.8 Å². The first kappa shape index (κ1) is 13.4. The molecule has 7 nitrogen and oxygen atoms in total. The van der Waals surface area contributed by atoms with Gasteiger partial charge in [-0.05, 0) is 20.3 Å². The van der Waals surface area contributed by atoms with Crippen molar-refractivity contribution in [2.45, 2.75) is 32.4 Å². The van der Waals surface area contributed by atoms with Crippen molar-refractivity contribution in [2.75, 3.05) is 6.54 Å². The van der Waals surface area contributed by atoms with Crippen LogP contribution >= 0.6 is 0 Å². The van der Waals surface area contributed by atoms with Gasteiger partial charge in [-0.1, -0.05) is 0 Å². The quantitative estimate of drug-likeness (QED) is 0.610. The van der Waals surface area contributed by atoms with Crippen LogP contribution in [-0.2, 0) is 9.59 Å². The summed E-state index contributed by atoms with van der Waals surface area (Å²) < 4.78 is 0. The molecular formula is C10H17N3O4. The number of carboxylic acids is 1. The summed E-state index contributed by atoms with van der Waals surface area (Å²) in [5.74, 6) is -1.84. The second kappa shape index (κ2) is 5.13. The number of hydrogen-bond acceptors (Lipinski definition) is 4. The van der Waals surface area contributed by atoms with Crippen LogP contribution < -0.4 is 11.1 Å². The molecule has 1 fully saturated rings. The summed E-state index contributed by atoms with van der Waals surface area (Å²) >= 11 is 0. The number of nitrogens with two attached hydrogens (primary N) is 1. The van der Waals surface area contributed by atoms with E-state index in [1.807, 2.05) is 5.32 Å². The molecule has 1 rings (SSSR count). The number of likely N-dealkylation sites (tertiary alicyclic amines) is 1. The van der Waals surface area contributed by atoms with Crippen LogP contribution in [0.3, 0.4) is 0 Å². The van der Waals surface area contributed by atoms with Gasteiger partial charge < -0.3 is 10.8 Å². The van der Waals surface area contributed by atoms with Gasteiger partial charge in [0.15, 0.2) is 0 Å². The Morgan fingerprint density at radius 2 is 2.06 bits per heavy atom. The molecule has 4 N–H and O–H groups in total. The Balaban J connectivity index is 2.65. The van der Waals surface area contributed by atoms with Crippen molar-refractivity contribution in [3.63, 3.8) is 0 Å². The molecule has 0 bridgehead atoms. The topological polar surface area (TPSA) is 113 Å². The van der Waals surface area contributed by atoms with Gasteiger partial charge in [-0.3, -0.25) is 19.8 Å². The number of primary amides is 1. The summed E-state index contributed by atoms with van der Waals surface area (Å²) in [5.41, 5.74) is 4.86. The molecule has 0 aromatic carbocycles. The lowest BCUT2D eigenvalue weighted by atomic mass is 10.0. The Hall–Kier alpha value is -1.63. The number of urea groups is 1. The van der Waals surface area contributed by atoms with E-state index in [0.717, 1.165) is 0 Å². The number of carbonyl (C=O) groups excluding carboxylic acids is 2. The van der Waals surface area contributed by atoms with Crippen molar-refractivity contribution in [3.8, 4) is 0 Å². The Morgan fingerprint density at radius 1 is 1.47 bits per heavy atom. The molecule has 0 aromatic heterocycles. The molecule has 7 heteroatoms. The average molecular weight is 243 g/mol. The summed E-state index contributed by atoms with van der Waals surface area (Å²) in [4.78, 5) is 34.8. The molecule has 3 amide bonds. The summed E-state index contributed by atoms with van der Waals surface area (Å²) in [5, 5.41) is 11.0. The molecule has 1 saturated heterocycles. The Kier molecular flexibility index (Phi) is 4.06. The number of carbonyl (C=O) groups is 3. The predicted molar refractivity (Wildman–Crippen MR) is 59.1 cm³/mol. The van der Waals surface area contributed by atoms with Crippen molar-refractivity contribution < 1.29 is 19.5 Å². The van der Waals surface area contributed by atoms with Crippen LogP contribution in [0.15, 0.2) is 0 Å². The van der Waals surface area contributed by atoms with Crippen LogP contribution in [-0.4, -0.2) is 46.5 Å². The molecule has 0 aromatic rings. The third-order valence-electron chi connectivity index (χ3n) is 3.24. The monoisotopic (exact) mass is 243 g/mol. The molecule has 0 radical (unpaired) electrons. The first-order chi connectivity index (χ1) is 7.84. The summed E-state index contributed by atoms with van der Waals surface area (Å²) in [6.07, 6.45) is 0.505. The fourth-order valence-corrected chi connectivity index (χ4v) is 2.22. The van der Waals surface area contributed by atoms with Gasteiger partial charge in [-0.2, -0.15) is 0 Å². The van der Waals surface area contributed by atoms with Crippen LogP contribution in [0.5, 0.6) is 0 Å². The molecule has 1 aliphatic heterocycles.